The van der Waals surface area contributed by atoms with Crippen LogP contribution in [0.3, 0.4) is 0 Å². The van der Waals surface area contributed by atoms with E-state index in [2.05, 4.69) is 6.92 Å². The molecule has 1 atom stereocenters. The van der Waals surface area contributed by atoms with Gasteiger partial charge < -0.3 is 14.4 Å². The van der Waals surface area contributed by atoms with Crippen molar-refractivity contribution in [3.05, 3.63) is 23.8 Å². The molecular weight excluding hydrogens is 356 g/mol. The van der Waals surface area contributed by atoms with Gasteiger partial charge in [-0.1, -0.05) is 6.92 Å². The lowest BCUT2D eigenvalue weighted by atomic mass is 10.0. The molecule has 7 nitrogen and oxygen atoms in total. The summed E-state index contributed by atoms with van der Waals surface area (Å²) in [6, 6.07) is 4.53. The molecule has 1 aromatic rings. The second-order valence-corrected chi connectivity index (χ2v) is 8.82. The molecule has 0 spiro atoms. The number of amides is 1. The molecule has 3 rings (SSSR count). The number of rotatable bonds is 4. The Balaban J connectivity index is 1.92. The average Bonchev–Trinajstić information content (AvgIpc) is 2.67. The zero-order chi connectivity index (χ0) is 18.7. The first kappa shape index (κ1) is 19.1. The zero-order valence-electron chi connectivity index (χ0n) is 15.3. The van der Waals surface area contributed by atoms with Crippen LogP contribution in [0.15, 0.2) is 23.1 Å². The van der Waals surface area contributed by atoms with Gasteiger partial charge in [0.15, 0.2) is 0 Å². The molecule has 0 saturated carbocycles. The number of carbonyl (C=O) groups is 1. The SMILES string of the molecule is COc1ccc(S(=O)(=O)N2CCCC(C)C2)cc1C(=O)N1CCOCC1. The maximum atomic E-state index is 13.0. The molecule has 2 aliphatic heterocycles. The number of hydrogen-bond acceptors (Lipinski definition) is 5. The van der Waals surface area contributed by atoms with Crippen molar-refractivity contribution in [3.63, 3.8) is 0 Å². The lowest BCUT2D eigenvalue weighted by molar-refractivity contribution is 0.0300. The number of piperidine rings is 1. The molecule has 0 radical (unpaired) electrons. The van der Waals surface area contributed by atoms with Crippen molar-refractivity contribution in [1.29, 1.82) is 0 Å². The Hall–Kier alpha value is -1.64. The van der Waals surface area contributed by atoms with Gasteiger partial charge in [-0.05, 0) is 37.0 Å². The van der Waals surface area contributed by atoms with E-state index in [0.717, 1.165) is 12.8 Å². The summed E-state index contributed by atoms with van der Waals surface area (Å²) in [5.41, 5.74) is 0.278. The lowest BCUT2D eigenvalue weighted by Gasteiger charge is -2.30. The van der Waals surface area contributed by atoms with Crippen molar-refractivity contribution in [3.8, 4) is 5.75 Å². The van der Waals surface area contributed by atoms with Crippen molar-refractivity contribution < 1.29 is 22.7 Å². The number of sulfonamides is 1. The van der Waals surface area contributed by atoms with Crippen molar-refractivity contribution in [2.45, 2.75) is 24.7 Å². The van der Waals surface area contributed by atoms with Crippen LogP contribution in [0.4, 0.5) is 0 Å². The summed E-state index contributed by atoms with van der Waals surface area (Å²) in [6.07, 6.45) is 1.89. The number of morpholine rings is 1. The number of ether oxygens (including phenoxy) is 2. The highest BCUT2D eigenvalue weighted by atomic mass is 32.2. The lowest BCUT2D eigenvalue weighted by Crippen LogP contribution is -2.41. The van der Waals surface area contributed by atoms with E-state index in [1.807, 2.05) is 0 Å². The highest BCUT2D eigenvalue weighted by Gasteiger charge is 2.30. The van der Waals surface area contributed by atoms with Crippen LogP contribution in [0.1, 0.15) is 30.1 Å². The molecule has 26 heavy (non-hydrogen) atoms. The second kappa shape index (κ2) is 7.94. The Morgan fingerprint density at radius 2 is 1.96 bits per heavy atom. The van der Waals surface area contributed by atoms with Crippen molar-refractivity contribution in [1.82, 2.24) is 9.21 Å². The molecule has 0 bridgehead atoms. The number of hydrogen-bond donors (Lipinski definition) is 0. The van der Waals surface area contributed by atoms with Gasteiger partial charge in [0, 0.05) is 26.2 Å². The van der Waals surface area contributed by atoms with E-state index in [1.54, 1.807) is 11.0 Å². The van der Waals surface area contributed by atoms with Crippen LogP contribution in [-0.4, -0.2) is 70.0 Å². The molecule has 1 unspecified atom stereocenters. The molecule has 2 aliphatic rings. The molecule has 144 valence electrons. The van der Waals surface area contributed by atoms with Gasteiger partial charge in [-0.25, -0.2) is 8.42 Å². The Morgan fingerprint density at radius 1 is 1.23 bits per heavy atom. The normalized spacial score (nSPS) is 22.2. The Kier molecular flexibility index (Phi) is 5.84. The van der Waals surface area contributed by atoms with Gasteiger partial charge in [-0.15, -0.1) is 0 Å². The van der Waals surface area contributed by atoms with Crippen LogP contribution in [0.25, 0.3) is 0 Å². The third-order valence-electron chi connectivity index (χ3n) is 4.96. The predicted molar refractivity (Wildman–Crippen MR) is 96.9 cm³/mol. The molecular formula is C18H26N2O5S. The van der Waals surface area contributed by atoms with Crippen LogP contribution in [0.2, 0.25) is 0 Å². The molecule has 2 fully saturated rings. The summed E-state index contributed by atoms with van der Waals surface area (Å²) < 4.78 is 38.1. The molecule has 0 N–H and O–H groups in total. The van der Waals surface area contributed by atoms with Gasteiger partial charge in [0.05, 0.1) is 30.8 Å². The van der Waals surface area contributed by atoms with Crippen molar-refractivity contribution in [2.75, 3.05) is 46.5 Å². The van der Waals surface area contributed by atoms with Crippen LogP contribution in [-0.2, 0) is 14.8 Å². The minimum absolute atomic E-state index is 0.143. The molecule has 8 heteroatoms. The molecule has 1 aromatic carbocycles. The molecule has 2 heterocycles. The van der Waals surface area contributed by atoms with E-state index in [4.69, 9.17) is 9.47 Å². The Bertz CT molecular complexity index is 759. The van der Waals surface area contributed by atoms with Crippen LogP contribution in [0.5, 0.6) is 5.75 Å². The van der Waals surface area contributed by atoms with Gasteiger partial charge in [-0.3, -0.25) is 4.79 Å². The number of methoxy groups -OCH3 is 1. The highest BCUT2D eigenvalue weighted by Crippen LogP contribution is 2.28. The van der Waals surface area contributed by atoms with Gasteiger partial charge in [0.2, 0.25) is 10.0 Å². The van der Waals surface area contributed by atoms with Crippen molar-refractivity contribution >= 4 is 15.9 Å². The maximum absolute atomic E-state index is 13.0. The minimum Gasteiger partial charge on any atom is -0.496 e. The highest BCUT2D eigenvalue weighted by molar-refractivity contribution is 7.89. The van der Waals surface area contributed by atoms with E-state index in [-0.39, 0.29) is 16.4 Å². The quantitative estimate of drug-likeness (QED) is 0.790. The number of carbonyl (C=O) groups excluding carboxylic acids is 1. The average molecular weight is 382 g/mol. The third-order valence-corrected chi connectivity index (χ3v) is 6.82. The standard InChI is InChI=1S/C18H26N2O5S/c1-14-4-3-7-20(13-14)26(22,23)15-5-6-17(24-2)16(12-15)18(21)19-8-10-25-11-9-19/h5-6,12,14H,3-4,7-11,13H2,1-2H3. The summed E-state index contributed by atoms with van der Waals surface area (Å²) in [6.45, 7) is 5.04. The monoisotopic (exact) mass is 382 g/mol. The predicted octanol–water partition coefficient (Wildman–Crippen LogP) is 1.59. The van der Waals surface area contributed by atoms with E-state index < -0.39 is 10.0 Å². The van der Waals surface area contributed by atoms with E-state index in [0.29, 0.717) is 51.1 Å². The van der Waals surface area contributed by atoms with Gasteiger partial charge in [0.1, 0.15) is 5.75 Å². The molecule has 0 aromatic heterocycles. The first-order valence-electron chi connectivity index (χ1n) is 8.98. The topological polar surface area (TPSA) is 76.2 Å². The minimum atomic E-state index is -3.62. The van der Waals surface area contributed by atoms with E-state index in [1.165, 1.54) is 23.5 Å². The first-order chi connectivity index (χ1) is 12.4. The summed E-state index contributed by atoms with van der Waals surface area (Å²) in [7, 11) is -2.15. The maximum Gasteiger partial charge on any atom is 0.257 e. The molecule has 0 aliphatic carbocycles. The van der Waals surface area contributed by atoms with Crippen LogP contribution < -0.4 is 4.74 Å². The molecule has 2 saturated heterocycles. The summed E-state index contributed by atoms with van der Waals surface area (Å²) in [5.74, 6) is 0.493. The smallest absolute Gasteiger partial charge is 0.257 e. The third kappa shape index (κ3) is 3.87. The first-order valence-corrected chi connectivity index (χ1v) is 10.4. The Labute approximate surface area is 154 Å². The van der Waals surface area contributed by atoms with Gasteiger partial charge in [-0.2, -0.15) is 4.31 Å². The fourth-order valence-electron chi connectivity index (χ4n) is 3.47. The van der Waals surface area contributed by atoms with Gasteiger partial charge in [0.25, 0.3) is 5.91 Å². The largest absolute Gasteiger partial charge is 0.496 e. The van der Waals surface area contributed by atoms with Crippen LogP contribution >= 0.6 is 0 Å². The molecule has 1 amide bonds. The van der Waals surface area contributed by atoms with E-state index in [9.17, 15) is 13.2 Å². The fourth-order valence-corrected chi connectivity index (χ4v) is 5.09. The summed E-state index contributed by atoms with van der Waals surface area (Å²) >= 11 is 0. The van der Waals surface area contributed by atoms with Gasteiger partial charge >= 0.3 is 0 Å². The fraction of sp³-hybridized carbons (Fsp3) is 0.611. The number of nitrogens with zero attached hydrogens (tertiary/aromatic N) is 2. The second-order valence-electron chi connectivity index (χ2n) is 6.88. The van der Waals surface area contributed by atoms with E-state index >= 15 is 0 Å². The zero-order valence-corrected chi connectivity index (χ0v) is 16.1. The van der Waals surface area contributed by atoms with Crippen LogP contribution in [0, 0.1) is 5.92 Å². The summed E-state index contributed by atoms with van der Waals surface area (Å²) in [5, 5.41) is 0. The summed E-state index contributed by atoms with van der Waals surface area (Å²) in [4.78, 5) is 14.7. The number of benzene rings is 1. The van der Waals surface area contributed by atoms with Crippen molar-refractivity contribution in [2.24, 2.45) is 5.92 Å². The Morgan fingerprint density at radius 3 is 2.62 bits per heavy atom.